The molecule has 2 heterocycles. The molecule has 4 rings (SSSR count). The first-order chi connectivity index (χ1) is 14.7. The second kappa shape index (κ2) is 8.00. The summed E-state index contributed by atoms with van der Waals surface area (Å²) in [7, 11) is 0. The molecule has 5 nitrogen and oxygen atoms in total. The van der Waals surface area contributed by atoms with Crippen molar-refractivity contribution in [3.8, 4) is 0 Å². The highest BCUT2D eigenvalue weighted by atomic mass is 19.4. The minimum absolute atomic E-state index is 0.0669. The Balaban J connectivity index is 1.60. The van der Waals surface area contributed by atoms with Crippen molar-refractivity contribution in [2.45, 2.75) is 25.9 Å². The number of nitrogens with one attached hydrogen (secondary N) is 1. The van der Waals surface area contributed by atoms with Crippen LogP contribution in [0.25, 0.3) is 0 Å². The number of rotatable bonds is 3. The van der Waals surface area contributed by atoms with Crippen LogP contribution in [0.4, 0.5) is 18.9 Å². The summed E-state index contributed by atoms with van der Waals surface area (Å²) < 4.78 is 45.9. The van der Waals surface area contributed by atoms with Gasteiger partial charge in [0.25, 0.3) is 11.8 Å². The number of hydrogen-bond donors (Lipinski definition) is 1. The van der Waals surface area contributed by atoms with Gasteiger partial charge in [-0.25, -0.2) is 0 Å². The Bertz CT molecular complexity index is 1010. The second-order valence-electron chi connectivity index (χ2n) is 8.40. The van der Waals surface area contributed by atoms with Crippen LogP contribution in [0, 0.1) is 12.3 Å². The molecule has 8 heteroatoms. The third-order valence-corrected chi connectivity index (χ3v) is 5.96. The summed E-state index contributed by atoms with van der Waals surface area (Å²) in [6.45, 7) is 3.96. The van der Waals surface area contributed by atoms with Crippen LogP contribution >= 0.6 is 0 Å². The Kier molecular flexibility index (Phi) is 5.51. The Morgan fingerprint density at radius 1 is 1.10 bits per heavy atom. The minimum Gasteiger partial charge on any atom is -0.381 e. The predicted molar refractivity (Wildman–Crippen MR) is 109 cm³/mol. The number of benzene rings is 2. The van der Waals surface area contributed by atoms with E-state index in [1.807, 2.05) is 13.0 Å². The molecule has 1 atom stereocenters. The number of halogens is 3. The van der Waals surface area contributed by atoms with Crippen molar-refractivity contribution in [3.05, 3.63) is 64.7 Å². The molecule has 1 N–H and O–H groups in total. The summed E-state index contributed by atoms with van der Waals surface area (Å²) in [4.78, 5) is 27.1. The zero-order valence-corrected chi connectivity index (χ0v) is 17.1. The van der Waals surface area contributed by atoms with Crippen LogP contribution in [0.15, 0.2) is 42.5 Å². The van der Waals surface area contributed by atoms with Crippen LogP contribution in [-0.4, -0.2) is 43.0 Å². The molecule has 0 bridgehead atoms. The molecule has 164 valence electrons. The Morgan fingerprint density at radius 2 is 1.90 bits per heavy atom. The quantitative estimate of drug-likeness (QED) is 0.776. The van der Waals surface area contributed by atoms with Crippen LogP contribution in [0.5, 0.6) is 0 Å². The van der Waals surface area contributed by atoms with Crippen molar-refractivity contribution in [3.63, 3.8) is 0 Å². The van der Waals surface area contributed by atoms with E-state index in [1.54, 1.807) is 23.1 Å². The SMILES string of the molecule is Cc1cccc(C(=O)Nc2cc(C(=O)N3CCC4(CCOC4)C3)cc(C(F)(F)F)c2)c1. The first-order valence-corrected chi connectivity index (χ1v) is 10.1. The van der Waals surface area contributed by atoms with Crippen LogP contribution in [0.2, 0.25) is 0 Å². The first kappa shape index (κ1) is 21.4. The Labute approximate surface area is 178 Å². The van der Waals surface area contributed by atoms with E-state index in [4.69, 9.17) is 4.74 Å². The van der Waals surface area contributed by atoms with Crippen molar-refractivity contribution in [1.29, 1.82) is 0 Å². The highest BCUT2D eigenvalue weighted by Crippen LogP contribution is 2.39. The summed E-state index contributed by atoms with van der Waals surface area (Å²) in [5, 5.41) is 2.50. The van der Waals surface area contributed by atoms with Gasteiger partial charge in [0.1, 0.15) is 0 Å². The number of amides is 2. The van der Waals surface area contributed by atoms with Gasteiger partial charge in [0, 0.05) is 41.9 Å². The number of hydrogen-bond acceptors (Lipinski definition) is 3. The lowest BCUT2D eigenvalue weighted by molar-refractivity contribution is -0.137. The molecular weight excluding hydrogens is 409 g/mol. The summed E-state index contributed by atoms with van der Waals surface area (Å²) >= 11 is 0. The van der Waals surface area contributed by atoms with Crippen LogP contribution in [-0.2, 0) is 10.9 Å². The van der Waals surface area contributed by atoms with Crippen LogP contribution in [0.3, 0.4) is 0 Å². The lowest BCUT2D eigenvalue weighted by atomic mass is 9.87. The largest absolute Gasteiger partial charge is 0.416 e. The van der Waals surface area contributed by atoms with Gasteiger partial charge in [-0.3, -0.25) is 9.59 Å². The molecule has 31 heavy (non-hydrogen) atoms. The van der Waals surface area contributed by atoms with Gasteiger partial charge in [0.05, 0.1) is 12.2 Å². The summed E-state index contributed by atoms with van der Waals surface area (Å²) in [6, 6.07) is 9.73. The van der Waals surface area contributed by atoms with E-state index in [9.17, 15) is 22.8 Å². The molecule has 2 fully saturated rings. The fourth-order valence-corrected chi connectivity index (χ4v) is 4.24. The molecule has 0 radical (unpaired) electrons. The molecule has 2 saturated heterocycles. The van der Waals surface area contributed by atoms with Gasteiger partial charge in [-0.15, -0.1) is 0 Å². The summed E-state index contributed by atoms with van der Waals surface area (Å²) in [5.41, 5.74) is -0.0528. The normalized spacial score (nSPS) is 21.0. The molecule has 2 aliphatic rings. The van der Waals surface area contributed by atoms with Crippen molar-refractivity contribution < 1.29 is 27.5 Å². The highest BCUT2D eigenvalue weighted by molar-refractivity contribution is 6.05. The highest BCUT2D eigenvalue weighted by Gasteiger charge is 2.43. The van der Waals surface area contributed by atoms with Gasteiger partial charge < -0.3 is 15.0 Å². The van der Waals surface area contributed by atoms with Gasteiger partial charge in [-0.2, -0.15) is 13.2 Å². The lowest BCUT2D eigenvalue weighted by Crippen LogP contribution is -2.32. The van der Waals surface area contributed by atoms with Gasteiger partial charge in [-0.05, 0) is 50.1 Å². The standard InChI is InChI=1S/C23H23F3N2O3/c1-15-3-2-4-16(9-15)20(29)27-19-11-17(10-18(12-19)23(24,25)26)21(30)28-7-5-22(13-28)6-8-31-14-22/h2-4,9-12H,5-8,13-14H2,1H3,(H,27,29). The summed E-state index contributed by atoms with van der Waals surface area (Å²) in [5.74, 6) is -1.01. The fraction of sp³-hybridized carbons (Fsp3) is 0.391. The van der Waals surface area contributed by atoms with Gasteiger partial charge in [-0.1, -0.05) is 17.7 Å². The predicted octanol–water partition coefficient (Wildman–Crippen LogP) is 4.52. The molecule has 2 amide bonds. The van der Waals surface area contributed by atoms with E-state index in [-0.39, 0.29) is 16.7 Å². The molecule has 0 aliphatic carbocycles. The second-order valence-corrected chi connectivity index (χ2v) is 8.40. The Morgan fingerprint density at radius 3 is 2.58 bits per heavy atom. The molecular formula is C23H23F3N2O3. The number of nitrogens with zero attached hydrogens (tertiary/aromatic N) is 1. The van der Waals surface area contributed by atoms with Gasteiger partial charge >= 0.3 is 6.18 Å². The topological polar surface area (TPSA) is 58.6 Å². The number of carbonyl (C=O) groups excluding carboxylic acids is 2. The third-order valence-electron chi connectivity index (χ3n) is 5.96. The average molecular weight is 432 g/mol. The van der Waals surface area contributed by atoms with E-state index in [2.05, 4.69) is 5.32 Å². The van der Waals surface area contributed by atoms with E-state index in [1.165, 1.54) is 6.07 Å². The van der Waals surface area contributed by atoms with Crippen molar-refractivity contribution in [2.75, 3.05) is 31.6 Å². The molecule has 2 aromatic rings. The average Bonchev–Trinajstić information content (AvgIpc) is 3.36. The maximum Gasteiger partial charge on any atom is 0.416 e. The van der Waals surface area contributed by atoms with Crippen LogP contribution < -0.4 is 5.32 Å². The molecule has 2 aliphatic heterocycles. The van der Waals surface area contributed by atoms with Crippen molar-refractivity contribution in [2.24, 2.45) is 5.41 Å². The van der Waals surface area contributed by atoms with E-state index >= 15 is 0 Å². The zero-order valence-electron chi connectivity index (χ0n) is 17.1. The lowest BCUT2D eigenvalue weighted by Gasteiger charge is -2.22. The monoisotopic (exact) mass is 432 g/mol. The van der Waals surface area contributed by atoms with Crippen molar-refractivity contribution >= 4 is 17.5 Å². The minimum atomic E-state index is -4.65. The third kappa shape index (κ3) is 4.58. The maximum absolute atomic E-state index is 13.5. The molecule has 1 unspecified atom stereocenters. The first-order valence-electron chi connectivity index (χ1n) is 10.1. The number of likely N-dealkylation sites (tertiary alicyclic amines) is 1. The molecule has 2 aromatic carbocycles. The number of ether oxygens (including phenoxy) is 1. The van der Waals surface area contributed by atoms with E-state index in [0.717, 1.165) is 30.5 Å². The van der Waals surface area contributed by atoms with E-state index in [0.29, 0.717) is 31.9 Å². The molecule has 1 spiro atoms. The van der Waals surface area contributed by atoms with E-state index < -0.39 is 23.6 Å². The number of anilines is 1. The number of alkyl halides is 3. The fourth-order valence-electron chi connectivity index (χ4n) is 4.24. The Hall–Kier alpha value is -2.87. The summed E-state index contributed by atoms with van der Waals surface area (Å²) in [6.07, 6.45) is -3.03. The number of carbonyl (C=O) groups is 2. The zero-order chi connectivity index (χ0) is 22.2. The molecule has 0 saturated carbocycles. The van der Waals surface area contributed by atoms with Crippen molar-refractivity contribution in [1.82, 2.24) is 4.90 Å². The van der Waals surface area contributed by atoms with Gasteiger partial charge in [0.2, 0.25) is 0 Å². The van der Waals surface area contributed by atoms with Crippen LogP contribution in [0.1, 0.15) is 44.7 Å². The number of aryl methyl sites for hydroxylation is 1. The molecule has 0 aromatic heterocycles. The maximum atomic E-state index is 13.5. The van der Waals surface area contributed by atoms with Gasteiger partial charge in [0.15, 0.2) is 0 Å². The smallest absolute Gasteiger partial charge is 0.381 e.